The minimum atomic E-state index is -1.02. The first kappa shape index (κ1) is 13.2. The molecule has 0 saturated carbocycles. The molecule has 0 aliphatic carbocycles. The van der Waals surface area contributed by atoms with Gasteiger partial charge in [0, 0.05) is 5.56 Å². The summed E-state index contributed by atoms with van der Waals surface area (Å²) in [4.78, 5) is 26.9. The van der Waals surface area contributed by atoms with Gasteiger partial charge in [-0.2, -0.15) is 0 Å². The zero-order chi connectivity index (χ0) is 14.0. The van der Waals surface area contributed by atoms with E-state index in [0.29, 0.717) is 16.3 Å². The Morgan fingerprint density at radius 2 is 2.21 bits per heavy atom. The first-order valence-electron chi connectivity index (χ1n) is 5.38. The third kappa shape index (κ3) is 2.79. The van der Waals surface area contributed by atoms with Gasteiger partial charge in [-0.15, -0.1) is 11.3 Å². The summed E-state index contributed by atoms with van der Waals surface area (Å²) < 4.78 is 4.81. The maximum Gasteiger partial charge on any atom is 0.347 e. The van der Waals surface area contributed by atoms with Crippen LogP contribution >= 0.6 is 11.3 Å². The Hall–Kier alpha value is -2.22. The maximum atomic E-state index is 11.7. The summed E-state index contributed by atoms with van der Waals surface area (Å²) in [6.07, 6.45) is 1.45. The number of amides is 1. The van der Waals surface area contributed by atoms with E-state index in [0.717, 1.165) is 11.3 Å². The number of hydrogen-bond donors (Lipinski definition) is 2. The minimum absolute atomic E-state index is 0.145. The lowest BCUT2D eigenvalue weighted by atomic mass is 10.3. The topological polar surface area (TPSA) is 105 Å². The molecule has 0 radical (unpaired) electrons. The SMILES string of the molecule is Cc1cnoc1C(=O)NCc1nc(C)c(C(=O)O)s1. The number of rotatable bonds is 4. The number of carboxylic acids is 1. The predicted octanol–water partition coefficient (Wildman–Crippen LogP) is 1.38. The third-order valence-electron chi connectivity index (χ3n) is 2.39. The van der Waals surface area contributed by atoms with Crippen LogP contribution in [-0.2, 0) is 6.54 Å². The molecule has 1 amide bonds. The number of thiazole rings is 1. The first-order chi connectivity index (χ1) is 8.99. The van der Waals surface area contributed by atoms with Gasteiger partial charge in [-0.05, 0) is 13.8 Å². The van der Waals surface area contributed by atoms with Crippen molar-refractivity contribution in [2.45, 2.75) is 20.4 Å². The molecule has 0 fully saturated rings. The molecule has 0 aliphatic rings. The van der Waals surface area contributed by atoms with E-state index < -0.39 is 11.9 Å². The van der Waals surface area contributed by atoms with Crippen LogP contribution in [0.25, 0.3) is 0 Å². The van der Waals surface area contributed by atoms with Gasteiger partial charge in [0.2, 0.25) is 5.76 Å². The zero-order valence-electron chi connectivity index (χ0n) is 10.3. The van der Waals surface area contributed by atoms with E-state index >= 15 is 0 Å². The number of nitrogens with zero attached hydrogens (tertiary/aromatic N) is 2. The van der Waals surface area contributed by atoms with Crippen molar-refractivity contribution < 1.29 is 19.2 Å². The minimum Gasteiger partial charge on any atom is -0.477 e. The fourth-order valence-electron chi connectivity index (χ4n) is 1.47. The van der Waals surface area contributed by atoms with E-state index in [2.05, 4.69) is 15.5 Å². The second-order valence-electron chi connectivity index (χ2n) is 3.85. The quantitative estimate of drug-likeness (QED) is 0.877. The molecule has 0 atom stereocenters. The van der Waals surface area contributed by atoms with Crippen LogP contribution in [0.3, 0.4) is 0 Å². The molecule has 0 aliphatic heterocycles. The number of aromatic nitrogens is 2. The van der Waals surface area contributed by atoms with Crippen LogP contribution in [0.15, 0.2) is 10.7 Å². The Bertz CT molecular complexity index is 632. The van der Waals surface area contributed by atoms with E-state index in [1.807, 2.05) is 0 Å². The standard InChI is InChI=1S/C11H11N3O4S/c1-5-3-13-18-8(5)10(15)12-4-7-14-6(2)9(19-7)11(16)17/h3H,4H2,1-2H3,(H,12,15)(H,16,17). The highest BCUT2D eigenvalue weighted by atomic mass is 32.1. The van der Waals surface area contributed by atoms with Crippen LogP contribution in [0, 0.1) is 13.8 Å². The normalized spacial score (nSPS) is 10.4. The molecule has 100 valence electrons. The van der Waals surface area contributed by atoms with Gasteiger partial charge in [0.05, 0.1) is 18.4 Å². The molecule has 19 heavy (non-hydrogen) atoms. The van der Waals surface area contributed by atoms with Crippen LogP contribution in [0.1, 0.15) is 36.5 Å². The Morgan fingerprint density at radius 3 is 2.74 bits per heavy atom. The number of aromatic carboxylic acids is 1. The van der Waals surface area contributed by atoms with Crippen molar-refractivity contribution in [3.8, 4) is 0 Å². The molecule has 7 nitrogen and oxygen atoms in total. The summed E-state index contributed by atoms with van der Waals surface area (Å²) in [6.45, 7) is 3.48. The van der Waals surface area contributed by atoms with E-state index in [1.165, 1.54) is 6.20 Å². The molecule has 0 aromatic carbocycles. The summed E-state index contributed by atoms with van der Waals surface area (Å²) in [5.74, 6) is -1.27. The molecular weight excluding hydrogens is 270 g/mol. The van der Waals surface area contributed by atoms with Crippen molar-refractivity contribution >= 4 is 23.2 Å². The number of hydrogen-bond acceptors (Lipinski definition) is 6. The van der Waals surface area contributed by atoms with E-state index in [-0.39, 0.29) is 17.2 Å². The fourth-order valence-corrected chi connectivity index (χ4v) is 2.31. The number of nitrogens with one attached hydrogen (secondary N) is 1. The van der Waals surface area contributed by atoms with Gasteiger partial charge in [0.15, 0.2) is 0 Å². The lowest BCUT2D eigenvalue weighted by Crippen LogP contribution is -2.22. The zero-order valence-corrected chi connectivity index (χ0v) is 11.1. The van der Waals surface area contributed by atoms with Gasteiger partial charge >= 0.3 is 5.97 Å². The van der Waals surface area contributed by atoms with Gasteiger partial charge in [0.1, 0.15) is 9.88 Å². The van der Waals surface area contributed by atoms with Crippen molar-refractivity contribution in [3.63, 3.8) is 0 Å². The molecule has 0 bridgehead atoms. The number of carbonyl (C=O) groups excluding carboxylic acids is 1. The molecule has 2 N–H and O–H groups in total. The monoisotopic (exact) mass is 281 g/mol. The average Bonchev–Trinajstić information content (AvgIpc) is 2.92. The van der Waals surface area contributed by atoms with Crippen LogP contribution in [0.2, 0.25) is 0 Å². The molecule has 0 spiro atoms. The lowest BCUT2D eigenvalue weighted by molar-refractivity contribution is 0.0701. The Balaban J connectivity index is 2.03. The lowest BCUT2D eigenvalue weighted by Gasteiger charge is -1.99. The summed E-state index contributed by atoms with van der Waals surface area (Å²) >= 11 is 1.04. The smallest absolute Gasteiger partial charge is 0.347 e. The van der Waals surface area contributed by atoms with Crippen molar-refractivity contribution in [3.05, 3.63) is 33.1 Å². The highest BCUT2D eigenvalue weighted by molar-refractivity contribution is 7.13. The highest BCUT2D eigenvalue weighted by Crippen LogP contribution is 2.18. The van der Waals surface area contributed by atoms with Gasteiger partial charge in [-0.1, -0.05) is 5.16 Å². The Morgan fingerprint density at radius 1 is 1.47 bits per heavy atom. The van der Waals surface area contributed by atoms with Crippen molar-refractivity contribution in [1.82, 2.24) is 15.5 Å². The van der Waals surface area contributed by atoms with E-state index in [9.17, 15) is 9.59 Å². The predicted molar refractivity (Wildman–Crippen MR) is 66.2 cm³/mol. The molecule has 2 aromatic rings. The second kappa shape index (κ2) is 5.19. The molecule has 0 saturated heterocycles. The Labute approximate surface area is 112 Å². The number of carboxylic acid groups (broad SMARTS) is 1. The molecule has 2 aromatic heterocycles. The second-order valence-corrected chi connectivity index (χ2v) is 4.93. The molecule has 0 unspecified atom stereocenters. The molecule has 2 heterocycles. The van der Waals surface area contributed by atoms with Crippen molar-refractivity contribution in [2.24, 2.45) is 0 Å². The van der Waals surface area contributed by atoms with Crippen LogP contribution in [0.5, 0.6) is 0 Å². The van der Waals surface area contributed by atoms with Crippen LogP contribution in [-0.4, -0.2) is 27.1 Å². The number of carbonyl (C=O) groups is 2. The van der Waals surface area contributed by atoms with E-state index in [1.54, 1.807) is 13.8 Å². The Kier molecular flexibility index (Phi) is 3.61. The molecule has 2 rings (SSSR count). The molecular formula is C11H11N3O4S. The van der Waals surface area contributed by atoms with E-state index in [4.69, 9.17) is 9.63 Å². The van der Waals surface area contributed by atoms with Crippen LogP contribution in [0.4, 0.5) is 0 Å². The average molecular weight is 281 g/mol. The summed E-state index contributed by atoms with van der Waals surface area (Å²) in [5.41, 5.74) is 1.08. The first-order valence-corrected chi connectivity index (χ1v) is 6.19. The summed E-state index contributed by atoms with van der Waals surface area (Å²) in [7, 11) is 0. The molecule has 8 heteroatoms. The van der Waals surface area contributed by atoms with Gasteiger partial charge in [-0.25, -0.2) is 9.78 Å². The highest BCUT2D eigenvalue weighted by Gasteiger charge is 2.17. The summed E-state index contributed by atoms with van der Waals surface area (Å²) in [5, 5.41) is 15.5. The number of aryl methyl sites for hydroxylation is 2. The van der Waals surface area contributed by atoms with Crippen molar-refractivity contribution in [1.29, 1.82) is 0 Å². The largest absolute Gasteiger partial charge is 0.477 e. The van der Waals surface area contributed by atoms with Gasteiger partial charge in [-0.3, -0.25) is 4.79 Å². The maximum absolute atomic E-state index is 11.7. The van der Waals surface area contributed by atoms with Crippen molar-refractivity contribution in [2.75, 3.05) is 0 Å². The van der Waals surface area contributed by atoms with Gasteiger partial charge < -0.3 is 14.9 Å². The van der Waals surface area contributed by atoms with Crippen LogP contribution < -0.4 is 5.32 Å². The fraction of sp³-hybridized carbons (Fsp3) is 0.273. The third-order valence-corrected chi connectivity index (χ3v) is 3.54. The van der Waals surface area contributed by atoms with Gasteiger partial charge in [0.25, 0.3) is 5.91 Å². The summed E-state index contributed by atoms with van der Waals surface area (Å²) in [6, 6.07) is 0.